The second kappa shape index (κ2) is 7.14. The predicted molar refractivity (Wildman–Crippen MR) is 104 cm³/mol. The number of aromatic nitrogens is 1. The van der Waals surface area contributed by atoms with Crippen molar-refractivity contribution in [1.82, 2.24) is 9.88 Å². The Morgan fingerprint density at radius 2 is 1.92 bits per heavy atom. The molecule has 4 rings (SSSR count). The summed E-state index contributed by atoms with van der Waals surface area (Å²) in [7, 11) is 3.67. The van der Waals surface area contributed by atoms with Crippen LogP contribution in [0.3, 0.4) is 0 Å². The summed E-state index contributed by atoms with van der Waals surface area (Å²) in [6.45, 7) is 1.89. The molecule has 0 unspecified atom stereocenters. The van der Waals surface area contributed by atoms with Crippen LogP contribution < -0.4 is 9.64 Å². The number of pyridine rings is 1. The largest absolute Gasteiger partial charge is 0.497 e. The Balaban J connectivity index is 1.41. The lowest BCUT2D eigenvalue weighted by Crippen LogP contribution is -2.48. The first-order valence-electron chi connectivity index (χ1n) is 9.62. The molecular weight excluding hydrogens is 326 g/mol. The van der Waals surface area contributed by atoms with Crippen molar-refractivity contribution in [2.45, 2.75) is 38.1 Å². The van der Waals surface area contributed by atoms with Gasteiger partial charge in [-0.15, -0.1) is 0 Å². The molecule has 26 heavy (non-hydrogen) atoms. The third kappa shape index (κ3) is 3.22. The predicted octanol–water partition coefficient (Wildman–Crippen LogP) is 3.47. The molecule has 0 spiro atoms. The minimum absolute atomic E-state index is 0.289. The molecule has 2 heterocycles. The van der Waals surface area contributed by atoms with Crippen LogP contribution in [0.2, 0.25) is 0 Å². The Kier molecular flexibility index (Phi) is 4.70. The van der Waals surface area contributed by atoms with Crippen LogP contribution in [0.5, 0.6) is 5.75 Å². The topological polar surface area (TPSA) is 45.7 Å². The van der Waals surface area contributed by atoms with E-state index in [1.165, 1.54) is 6.42 Å². The molecule has 1 saturated heterocycles. The number of carbonyl (C=O) groups excluding carboxylic acids is 1. The molecule has 1 amide bonds. The van der Waals surface area contributed by atoms with Crippen molar-refractivity contribution < 1.29 is 9.53 Å². The summed E-state index contributed by atoms with van der Waals surface area (Å²) in [5.74, 6) is 2.52. The summed E-state index contributed by atoms with van der Waals surface area (Å²) in [4.78, 5) is 21.6. The lowest BCUT2D eigenvalue weighted by molar-refractivity contribution is -0.139. The molecule has 5 heteroatoms. The van der Waals surface area contributed by atoms with Gasteiger partial charge in [0.2, 0.25) is 5.91 Å². The van der Waals surface area contributed by atoms with Gasteiger partial charge in [0, 0.05) is 37.5 Å². The number of fused-ring (bicyclic) bond motifs is 1. The van der Waals surface area contributed by atoms with Crippen LogP contribution in [0.4, 0.5) is 5.82 Å². The fourth-order valence-corrected chi connectivity index (χ4v) is 4.00. The number of amides is 1. The quantitative estimate of drug-likeness (QED) is 0.844. The van der Waals surface area contributed by atoms with E-state index < -0.39 is 0 Å². The Morgan fingerprint density at radius 1 is 1.15 bits per heavy atom. The highest BCUT2D eigenvalue weighted by molar-refractivity contribution is 5.82. The van der Waals surface area contributed by atoms with Crippen molar-refractivity contribution in [3.05, 3.63) is 30.3 Å². The zero-order valence-corrected chi connectivity index (χ0v) is 15.6. The summed E-state index contributed by atoms with van der Waals surface area (Å²) in [6, 6.07) is 10.5. The maximum absolute atomic E-state index is 12.5. The van der Waals surface area contributed by atoms with Gasteiger partial charge in [-0.2, -0.15) is 0 Å². The number of hydrogen-bond donors (Lipinski definition) is 0. The van der Waals surface area contributed by atoms with Crippen molar-refractivity contribution in [3.8, 4) is 5.75 Å². The van der Waals surface area contributed by atoms with Crippen LogP contribution >= 0.6 is 0 Å². The maximum Gasteiger partial charge on any atom is 0.225 e. The summed E-state index contributed by atoms with van der Waals surface area (Å²) in [6.07, 6.45) is 5.39. The van der Waals surface area contributed by atoms with Gasteiger partial charge in [0.25, 0.3) is 0 Å². The van der Waals surface area contributed by atoms with Gasteiger partial charge in [-0.25, -0.2) is 4.98 Å². The number of benzene rings is 1. The fraction of sp³-hybridized carbons (Fsp3) is 0.524. The third-order valence-corrected chi connectivity index (χ3v) is 6.02. The minimum atomic E-state index is 0.289. The van der Waals surface area contributed by atoms with Crippen LogP contribution in [0.25, 0.3) is 10.9 Å². The van der Waals surface area contributed by atoms with Gasteiger partial charge >= 0.3 is 0 Å². The molecule has 0 N–H and O–H groups in total. The molecule has 2 fully saturated rings. The number of anilines is 1. The highest BCUT2D eigenvalue weighted by Gasteiger charge is 2.32. The molecule has 0 atom stereocenters. The highest BCUT2D eigenvalue weighted by Crippen LogP contribution is 2.30. The molecule has 2 aliphatic rings. The van der Waals surface area contributed by atoms with Crippen LogP contribution in [-0.4, -0.2) is 49.1 Å². The van der Waals surface area contributed by atoms with Gasteiger partial charge in [0.15, 0.2) is 0 Å². The van der Waals surface area contributed by atoms with Crippen molar-refractivity contribution in [1.29, 1.82) is 0 Å². The normalized spacial score (nSPS) is 18.6. The van der Waals surface area contributed by atoms with Gasteiger partial charge < -0.3 is 14.5 Å². The molecule has 1 aromatic heterocycles. The second-order valence-corrected chi connectivity index (χ2v) is 7.52. The van der Waals surface area contributed by atoms with Crippen LogP contribution in [-0.2, 0) is 4.79 Å². The first-order valence-corrected chi connectivity index (χ1v) is 9.62. The van der Waals surface area contributed by atoms with Gasteiger partial charge in [0.1, 0.15) is 11.6 Å². The van der Waals surface area contributed by atoms with Crippen molar-refractivity contribution >= 4 is 22.6 Å². The zero-order valence-electron chi connectivity index (χ0n) is 15.6. The smallest absolute Gasteiger partial charge is 0.225 e. The number of hydrogen-bond acceptors (Lipinski definition) is 4. The third-order valence-electron chi connectivity index (χ3n) is 6.02. The molecule has 1 saturated carbocycles. The summed E-state index contributed by atoms with van der Waals surface area (Å²) < 4.78 is 5.28. The number of methoxy groups -OCH3 is 1. The van der Waals surface area contributed by atoms with Crippen LogP contribution in [0, 0.1) is 5.92 Å². The van der Waals surface area contributed by atoms with Crippen molar-refractivity contribution in [2.75, 3.05) is 32.1 Å². The lowest BCUT2D eigenvalue weighted by Gasteiger charge is -2.39. The second-order valence-electron chi connectivity index (χ2n) is 7.52. The molecule has 0 bridgehead atoms. The molecule has 1 aliphatic heterocycles. The molecule has 5 nitrogen and oxygen atoms in total. The van der Waals surface area contributed by atoms with E-state index in [2.05, 4.69) is 17.0 Å². The molecular formula is C21H27N3O2. The lowest BCUT2D eigenvalue weighted by atomic mass is 9.84. The van der Waals surface area contributed by atoms with E-state index in [-0.39, 0.29) is 5.92 Å². The van der Waals surface area contributed by atoms with Gasteiger partial charge in [-0.1, -0.05) is 6.42 Å². The molecule has 138 valence electrons. The molecule has 2 aromatic rings. The van der Waals surface area contributed by atoms with Crippen LogP contribution in [0.15, 0.2) is 30.3 Å². The van der Waals surface area contributed by atoms with Gasteiger partial charge in [0.05, 0.1) is 12.6 Å². The van der Waals surface area contributed by atoms with E-state index in [1.807, 2.05) is 30.1 Å². The number of carbonyl (C=O) groups is 1. The monoisotopic (exact) mass is 353 g/mol. The first-order chi connectivity index (χ1) is 12.7. The standard InChI is InChI=1S/C21H27N3O2/c1-23(21(25)15-4-3-5-15)17-10-12-24(13-11-17)20-9-6-16-14-18(26-2)7-8-19(16)22-20/h6-9,14-15,17H,3-5,10-13H2,1-2H3. The van der Waals surface area contributed by atoms with Crippen LogP contribution in [0.1, 0.15) is 32.1 Å². The Labute approximate surface area is 154 Å². The van der Waals surface area contributed by atoms with E-state index in [0.717, 1.165) is 61.2 Å². The maximum atomic E-state index is 12.5. The fourth-order valence-electron chi connectivity index (χ4n) is 4.00. The molecule has 0 radical (unpaired) electrons. The van der Waals surface area contributed by atoms with E-state index in [0.29, 0.717) is 11.9 Å². The number of piperidine rings is 1. The number of rotatable bonds is 4. The summed E-state index contributed by atoms with van der Waals surface area (Å²) in [5, 5.41) is 1.09. The van der Waals surface area contributed by atoms with Gasteiger partial charge in [-0.3, -0.25) is 4.79 Å². The van der Waals surface area contributed by atoms with Gasteiger partial charge in [-0.05, 0) is 56.0 Å². The molecule has 1 aliphatic carbocycles. The SMILES string of the molecule is COc1ccc2nc(N3CCC(N(C)C(=O)C4CCC4)CC3)ccc2c1. The Bertz CT molecular complexity index is 795. The van der Waals surface area contributed by atoms with Crippen molar-refractivity contribution in [3.63, 3.8) is 0 Å². The highest BCUT2D eigenvalue weighted by atomic mass is 16.5. The van der Waals surface area contributed by atoms with Crippen molar-refractivity contribution in [2.24, 2.45) is 5.92 Å². The minimum Gasteiger partial charge on any atom is -0.497 e. The summed E-state index contributed by atoms with van der Waals surface area (Å²) in [5.41, 5.74) is 0.989. The number of ether oxygens (including phenoxy) is 1. The molecule has 1 aromatic carbocycles. The zero-order chi connectivity index (χ0) is 18.1. The first kappa shape index (κ1) is 17.1. The summed E-state index contributed by atoms with van der Waals surface area (Å²) >= 11 is 0. The Hall–Kier alpha value is -2.30. The average molecular weight is 353 g/mol. The Morgan fingerprint density at radius 3 is 2.58 bits per heavy atom. The van der Waals surface area contributed by atoms with E-state index in [4.69, 9.17) is 9.72 Å². The average Bonchev–Trinajstić information content (AvgIpc) is 2.65. The van der Waals surface area contributed by atoms with E-state index >= 15 is 0 Å². The number of nitrogens with zero attached hydrogens (tertiary/aromatic N) is 3. The van der Waals surface area contributed by atoms with E-state index in [1.54, 1.807) is 7.11 Å². The van der Waals surface area contributed by atoms with E-state index in [9.17, 15) is 4.79 Å².